The molecule has 2 heterocycles. The van der Waals surface area contributed by atoms with Gasteiger partial charge >= 0.3 is 13.8 Å². The highest BCUT2D eigenvalue weighted by Crippen LogP contribution is 2.57. The summed E-state index contributed by atoms with van der Waals surface area (Å²) in [6.07, 6.45) is -0.0763. The topological polar surface area (TPSA) is 144 Å². The summed E-state index contributed by atoms with van der Waals surface area (Å²) in [5.41, 5.74) is 0.541. The number of hydrogen-bond donors (Lipinski definition) is 0. The Kier molecular flexibility index (Phi) is 11.4. The Morgan fingerprint density at radius 1 is 1.07 bits per heavy atom. The number of ether oxygens (including phenoxy) is 1. The molecule has 15 heteroatoms. The lowest BCUT2D eigenvalue weighted by Crippen LogP contribution is -2.25. The first-order valence-corrected chi connectivity index (χ1v) is 17.9. The van der Waals surface area contributed by atoms with Crippen molar-refractivity contribution in [3.05, 3.63) is 63.3 Å². The number of carbonyl (C=O) groups excluding carboxylic acids is 1. The van der Waals surface area contributed by atoms with E-state index in [1.807, 2.05) is 26.0 Å². The fourth-order valence-electron chi connectivity index (χ4n) is 3.57. The van der Waals surface area contributed by atoms with Crippen LogP contribution < -0.4 is 4.74 Å². The largest absolute Gasteiger partial charge is 0.530 e. The number of carbonyl (C=O) groups is 1. The van der Waals surface area contributed by atoms with Gasteiger partial charge in [0.05, 0.1) is 58.6 Å². The fourth-order valence-corrected chi connectivity index (χ4v) is 8.28. The van der Waals surface area contributed by atoms with Gasteiger partial charge in [0, 0.05) is 16.0 Å². The summed E-state index contributed by atoms with van der Waals surface area (Å²) >= 11 is 10.1. The molecule has 45 heavy (non-hydrogen) atoms. The van der Waals surface area contributed by atoms with E-state index >= 15 is 0 Å². The number of thioether (sulfide) groups is 2. The standard InChI is InChI=1S/C30H30ClN4O6PS3/c1-29(2,3)28(36)40-20-10-13-22-23(18-20)44-25(34-22)26-35-24(30(4,5)45-26)27(43-21-11-8-19(31)9-12-21)41-42(37,38-16-6-14-32)39-17-7-15-33/h8-13,18H,6-7,16-17H2,1-5H3/b27-24+. The van der Waals surface area contributed by atoms with E-state index in [0.29, 0.717) is 26.5 Å². The number of hydrogen-bond acceptors (Lipinski definition) is 13. The van der Waals surface area contributed by atoms with Gasteiger partial charge in [-0.05, 0) is 71.0 Å². The summed E-state index contributed by atoms with van der Waals surface area (Å²) in [5.74, 6) is 0.0909. The highest BCUT2D eigenvalue weighted by molar-refractivity contribution is 8.16. The molecule has 3 aromatic rings. The molecule has 4 rings (SSSR count). The number of benzene rings is 2. The summed E-state index contributed by atoms with van der Waals surface area (Å²) in [5, 5.41) is 19.9. The second-order valence-electron chi connectivity index (χ2n) is 11.0. The molecule has 1 aliphatic heterocycles. The quantitative estimate of drug-likeness (QED) is 0.0444. The molecule has 0 unspecified atom stereocenters. The maximum absolute atomic E-state index is 13.8. The van der Waals surface area contributed by atoms with E-state index in [4.69, 9.17) is 50.4 Å². The molecular weight excluding hydrogens is 675 g/mol. The average molecular weight is 705 g/mol. The second-order valence-corrected chi connectivity index (χ2v) is 16.7. The maximum Gasteiger partial charge on any atom is 0.530 e. The summed E-state index contributed by atoms with van der Waals surface area (Å²) in [7, 11) is -4.27. The van der Waals surface area contributed by atoms with Gasteiger partial charge in [0.2, 0.25) is 0 Å². The van der Waals surface area contributed by atoms with Gasteiger partial charge in [-0.25, -0.2) is 14.5 Å². The molecule has 0 spiro atoms. The van der Waals surface area contributed by atoms with E-state index in [0.717, 1.165) is 26.9 Å². The van der Waals surface area contributed by atoms with Crippen LogP contribution in [0, 0.1) is 28.1 Å². The van der Waals surface area contributed by atoms with E-state index < -0.39 is 18.0 Å². The monoisotopic (exact) mass is 704 g/mol. The molecule has 10 nitrogen and oxygen atoms in total. The Bertz CT molecular complexity index is 1750. The molecule has 0 N–H and O–H groups in total. The van der Waals surface area contributed by atoms with E-state index in [1.165, 1.54) is 23.1 Å². The Labute approximate surface area is 279 Å². The Balaban J connectivity index is 1.74. The zero-order valence-corrected chi connectivity index (χ0v) is 29.3. The van der Waals surface area contributed by atoms with Gasteiger partial charge in [0.25, 0.3) is 0 Å². The van der Waals surface area contributed by atoms with Crippen molar-refractivity contribution in [1.29, 1.82) is 10.5 Å². The number of aliphatic imine (C=N–C) groups is 1. The molecule has 0 fully saturated rings. The zero-order valence-electron chi connectivity index (χ0n) is 25.2. The van der Waals surface area contributed by atoms with Crippen LogP contribution in [0.4, 0.5) is 0 Å². The lowest BCUT2D eigenvalue weighted by Gasteiger charge is -2.24. The zero-order chi connectivity index (χ0) is 32.8. The van der Waals surface area contributed by atoms with E-state index in [2.05, 4.69) is 0 Å². The number of fused-ring (bicyclic) bond motifs is 1. The van der Waals surface area contributed by atoms with Crippen molar-refractivity contribution in [2.24, 2.45) is 10.4 Å². The number of thiazole rings is 1. The first-order chi connectivity index (χ1) is 21.2. The van der Waals surface area contributed by atoms with E-state index in [-0.39, 0.29) is 37.1 Å². The molecule has 0 radical (unpaired) electrons. The lowest BCUT2D eigenvalue weighted by molar-refractivity contribution is -0.142. The number of halogens is 1. The van der Waals surface area contributed by atoms with Crippen LogP contribution >= 0.6 is 54.3 Å². The van der Waals surface area contributed by atoms with Crippen molar-refractivity contribution in [2.45, 2.75) is 57.1 Å². The lowest BCUT2D eigenvalue weighted by atomic mass is 9.97. The van der Waals surface area contributed by atoms with Crippen LogP contribution in [0.25, 0.3) is 10.2 Å². The number of nitrogens with zero attached hydrogens (tertiary/aromatic N) is 4. The van der Waals surface area contributed by atoms with Gasteiger partial charge in [-0.15, -0.1) is 11.3 Å². The minimum absolute atomic E-state index is 0.0381. The Morgan fingerprint density at radius 3 is 2.31 bits per heavy atom. The van der Waals surface area contributed by atoms with Crippen LogP contribution in [0.15, 0.2) is 63.1 Å². The van der Waals surface area contributed by atoms with Crippen molar-refractivity contribution < 1.29 is 27.7 Å². The van der Waals surface area contributed by atoms with Gasteiger partial charge in [0.15, 0.2) is 5.09 Å². The molecule has 0 atom stereocenters. The van der Waals surface area contributed by atoms with Crippen molar-refractivity contribution in [3.63, 3.8) is 0 Å². The number of phosphoric acid groups is 1. The molecular formula is C30H30ClN4O6PS3. The first kappa shape index (κ1) is 35.0. The van der Waals surface area contributed by atoms with Gasteiger partial charge < -0.3 is 9.26 Å². The van der Waals surface area contributed by atoms with E-state index in [1.54, 1.807) is 63.2 Å². The fraction of sp³-hybridized carbons (Fsp3) is 0.367. The summed E-state index contributed by atoms with van der Waals surface area (Å²) < 4.78 is 36.4. The second kappa shape index (κ2) is 14.7. The molecule has 1 aliphatic rings. The van der Waals surface area contributed by atoms with Crippen molar-refractivity contribution >= 4 is 75.5 Å². The van der Waals surface area contributed by atoms with Gasteiger partial charge in [-0.3, -0.25) is 13.8 Å². The molecule has 0 saturated heterocycles. The predicted octanol–water partition coefficient (Wildman–Crippen LogP) is 9.12. The van der Waals surface area contributed by atoms with Crippen LogP contribution in [0.5, 0.6) is 5.75 Å². The van der Waals surface area contributed by atoms with E-state index in [9.17, 15) is 9.36 Å². The van der Waals surface area contributed by atoms with Crippen molar-refractivity contribution in [3.8, 4) is 17.9 Å². The maximum atomic E-state index is 13.8. The third-order valence-electron chi connectivity index (χ3n) is 5.84. The highest BCUT2D eigenvalue weighted by atomic mass is 35.5. The SMILES string of the molecule is CC(C)(C)C(=O)Oc1ccc2nc(C3=N/C(=C(\OP(=O)(OCCC#N)OCCC#N)Sc4ccc(Cl)cc4)C(C)(C)S3)sc2c1. The normalized spacial score (nSPS) is 15.7. The van der Waals surface area contributed by atoms with Gasteiger partial charge in [0.1, 0.15) is 21.5 Å². The summed E-state index contributed by atoms with van der Waals surface area (Å²) in [6.45, 7) is 8.88. The third-order valence-corrected chi connectivity index (χ3v) is 10.9. The molecule has 0 bridgehead atoms. The molecule has 1 aromatic heterocycles. The smallest absolute Gasteiger partial charge is 0.426 e. The Morgan fingerprint density at radius 2 is 1.71 bits per heavy atom. The van der Waals surface area contributed by atoms with Crippen LogP contribution in [-0.2, 0) is 22.9 Å². The Hall–Kier alpha value is -2.87. The minimum atomic E-state index is -4.27. The van der Waals surface area contributed by atoms with Crippen molar-refractivity contribution in [1.82, 2.24) is 4.98 Å². The molecule has 2 aromatic carbocycles. The third kappa shape index (κ3) is 9.34. The van der Waals surface area contributed by atoms with Crippen molar-refractivity contribution in [2.75, 3.05) is 13.2 Å². The number of phosphoric ester groups is 1. The summed E-state index contributed by atoms with van der Waals surface area (Å²) in [6, 6.07) is 16.1. The molecule has 0 saturated carbocycles. The summed E-state index contributed by atoms with van der Waals surface area (Å²) in [4.78, 5) is 22.8. The average Bonchev–Trinajstić information content (AvgIpc) is 3.53. The van der Waals surface area contributed by atoms with Gasteiger partial charge in [-0.1, -0.05) is 35.1 Å². The van der Waals surface area contributed by atoms with Crippen LogP contribution in [0.3, 0.4) is 0 Å². The molecule has 236 valence electrons. The van der Waals surface area contributed by atoms with Crippen LogP contribution in [-0.4, -0.2) is 34.0 Å². The number of esters is 1. The first-order valence-electron chi connectivity index (χ1n) is 13.6. The molecule has 0 amide bonds. The molecule has 0 aliphatic carbocycles. The number of aromatic nitrogens is 1. The van der Waals surface area contributed by atoms with Crippen LogP contribution in [0.1, 0.15) is 52.5 Å². The predicted molar refractivity (Wildman–Crippen MR) is 178 cm³/mol. The van der Waals surface area contributed by atoms with Gasteiger partial charge in [-0.2, -0.15) is 10.5 Å². The minimum Gasteiger partial charge on any atom is -0.426 e. The number of nitriles is 2. The number of rotatable bonds is 12. The highest BCUT2D eigenvalue weighted by Gasteiger charge is 2.41. The van der Waals surface area contributed by atoms with Crippen LogP contribution in [0.2, 0.25) is 5.02 Å².